The van der Waals surface area contributed by atoms with Crippen LogP contribution in [-0.2, 0) is 17.9 Å². The van der Waals surface area contributed by atoms with Crippen molar-refractivity contribution in [3.8, 4) is 0 Å². The number of amides is 1. The lowest BCUT2D eigenvalue weighted by molar-refractivity contribution is -0.118. The highest BCUT2D eigenvalue weighted by Gasteiger charge is 2.23. The third-order valence-corrected chi connectivity index (χ3v) is 4.87. The van der Waals surface area contributed by atoms with Gasteiger partial charge in [0.2, 0.25) is 5.91 Å². The minimum atomic E-state index is -0.403. The van der Waals surface area contributed by atoms with Gasteiger partial charge in [0.1, 0.15) is 11.3 Å². The molecule has 1 aliphatic carbocycles. The van der Waals surface area contributed by atoms with Gasteiger partial charge in [-0.2, -0.15) is 0 Å². The fraction of sp³-hybridized carbons (Fsp3) is 0.647. The topological polar surface area (TPSA) is 116 Å². The molecule has 3 N–H and O–H groups in total. The van der Waals surface area contributed by atoms with E-state index < -0.39 is 5.91 Å². The molecule has 0 unspecified atom stereocenters. The van der Waals surface area contributed by atoms with Gasteiger partial charge in [-0.3, -0.25) is 18.7 Å². The molecule has 8 nitrogen and oxygen atoms in total. The Morgan fingerprint density at radius 1 is 1.24 bits per heavy atom. The second-order valence-corrected chi connectivity index (χ2v) is 6.76. The zero-order valence-electron chi connectivity index (χ0n) is 14.6. The summed E-state index contributed by atoms with van der Waals surface area (Å²) in [5, 5.41) is 0. The van der Waals surface area contributed by atoms with Crippen LogP contribution in [0.1, 0.15) is 63.6 Å². The SMILES string of the molecule is CCCn1c(=O)c2[nH]c(C3CCCC3)nc2n(CCCC(N)=O)c1=O. The monoisotopic (exact) mass is 347 g/mol. The van der Waals surface area contributed by atoms with Crippen molar-refractivity contribution in [2.24, 2.45) is 5.73 Å². The molecular formula is C17H25N5O3. The number of nitrogens with two attached hydrogens (primary N) is 1. The van der Waals surface area contributed by atoms with E-state index in [1.807, 2.05) is 6.92 Å². The molecule has 3 rings (SSSR count). The molecule has 2 aromatic heterocycles. The van der Waals surface area contributed by atoms with Crippen molar-refractivity contribution in [2.75, 3.05) is 0 Å². The molecule has 2 heterocycles. The number of carbonyl (C=O) groups excluding carboxylic acids is 1. The normalized spacial score (nSPS) is 15.2. The lowest BCUT2D eigenvalue weighted by Gasteiger charge is -2.10. The Morgan fingerprint density at radius 3 is 2.60 bits per heavy atom. The van der Waals surface area contributed by atoms with Crippen LogP contribution in [0.15, 0.2) is 9.59 Å². The number of hydrogen-bond donors (Lipinski definition) is 2. The molecule has 0 atom stereocenters. The Labute approximate surface area is 145 Å². The summed E-state index contributed by atoms with van der Waals surface area (Å²) < 4.78 is 2.76. The first-order chi connectivity index (χ1) is 12.0. The summed E-state index contributed by atoms with van der Waals surface area (Å²) in [5.41, 5.74) is 5.29. The number of carbonyl (C=O) groups is 1. The lowest BCUT2D eigenvalue weighted by Crippen LogP contribution is -2.40. The van der Waals surface area contributed by atoms with Crippen LogP contribution in [0.2, 0.25) is 0 Å². The third kappa shape index (κ3) is 3.38. The molecule has 0 radical (unpaired) electrons. The number of aryl methyl sites for hydroxylation is 1. The van der Waals surface area contributed by atoms with E-state index >= 15 is 0 Å². The van der Waals surface area contributed by atoms with Crippen molar-refractivity contribution in [1.82, 2.24) is 19.1 Å². The Hall–Kier alpha value is -2.38. The van der Waals surface area contributed by atoms with Gasteiger partial charge >= 0.3 is 5.69 Å². The van der Waals surface area contributed by atoms with E-state index in [0.717, 1.165) is 31.5 Å². The second kappa shape index (κ2) is 7.25. The predicted molar refractivity (Wildman–Crippen MR) is 94.5 cm³/mol. The number of aromatic nitrogens is 4. The molecule has 0 saturated heterocycles. The standard InChI is InChI=1S/C17H25N5O3/c1-2-9-22-16(24)13-15(20-14(19-13)11-6-3-4-7-11)21(17(22)25)10-5-8-12(18)23/h11H,2-10H2,1H3,(H2,18,23)(H,19,20). The summed E-state index contributed by atoms with van der Waals surface area (Å²) in [7, 11) is 0. The summed E-state index contributed by atoms with van der Waals surface area (Å²) >= 11 is 0. The molecule has 25 heavy (non-hydrogen) atoms. The number of rotatable bonds is 7. The number of H-pyrrole nitrogens is 1. The number of nitrogens with zero attached hydrogens (tertiary/aromatic N) is 3. The van der Waals surface area contributed by atoms with E-state index in [-0.39, 0.29) is 17.7 Å². The average molecular weight is 347 g/mol. The van der Waals surface area contributed by atoms with E-state index in [2.05, 4.69) is 9.97 Å². The molecule has 1 fully saturated rings. The number of fused-ring (bicyclic) bond motifs is 1. The molecule has 0 aliphatic heterocycles. The van der Waals surface area contributed by atoms with Crippen LogP contribution >= 0.6 is 0 Å². The molecule has 0 bridgehead atoms. The van der Waals surface area contributed by atoms with E-state index in [1.165, 1.54) is 9.13 Å². The fourth-order valence-electron chi connectivity index (χ4n) is 3.61. The van der Waals surface area contributed by atoms with Crippen molar-refractivity contribution in [1.29, 1.82) is 0 Å². The maximum atomic E-state index is 12.8. The van der Waals surface area contributed by atoms with Crippen molar-refractivity contribution in [2.45, 2.75) is 70.9 Å². The van der Waals surface area contributed by atoms with Crippen LogP contribution in [-0.4, -0.2) is 25.0 Å². The van der Waals surface area contributed by atoms with Crippen LogP contribution < -0.4 is 17.0 Å². The minimum absolute atomic E-state index is 0.195. The summed E-state index contributed by atoms with van der Waals surface area (Å²) in [6.07, 6.45) is 5.75. The first-order valence-corrected chi connectivity index (χ1v) is 9.04. The highest BCUT2D eigenvalue weighted by molar-refractivity contribution is 5.73. The van der Waals surface area contributed by atoms with Gasteiger partial charge < -0.3 is 10.7 Å². The smallest absolute Gasteiger partial charge is 0.332 e. The van der Waals surface area contributed by atoms with Crippen LogP contribution in [0.25, 0.3) is 11.2 Å². The minimum Gasteiger partial charge on any atom is -0.370 e. The van der Waals surface area contributed by atoms with Crippen molar-refractivity contribution in [3.63, 3.8) is 0 Å². The van der Waals surface area contributed by atoms with Gasteiger partial charge in [-0.25, -0.2) is 9.78 Å². The third-order valence-electron chi connectivity index (χ3n) is 4.87. The first-order valence-electron chi connectivity index (χ1n) is 9.04. The van der Waals surface area contributed by atoms with Crippen LogP contribution in [0.4, 0.5) is 0 Å². The molecule has 0 spiro atoms. The number of aromatic amines is 1. The number of nitrogens with one attached hydrogen (secondary N) is 1. The van der Waals surface area contributed by atoms with Gasteiger partial charge in [0.15, 0.2) is 5.65 Å². The van der Waals surface area contributed by atoms with E-state index in [1.54, 1.807) is 0 Å². The van der Waals surface area contributed by atoms with Gasteiger partial charge in [0, 0.05) is 25.4 Å². The van der Waals surface area contributed by atoms with Gasteiger partial charge in [-0.15, -0.1) is 0 Å². The quantitative estimate of drug-likeness (QED) is 0.783. The summed E-state index contributed by atoms with van der Waals surface area (Å²) in [6.45, 7) is 2.60. The molecular weight excluding hydrogens is 322 g/mol. The van der Waals surface area contributed by atoms with Gasteiger partial charge in [0.05, 0.1) is 0 Å². The maximum Gasteiger partial charge on any atom is 0.332 e. The van der Waals surface area contributed by atoms with Crippen LogP contribution in [0, 0.1) is 0 Å². The molecule has 0 aromatic carbocycles. The molecule has 2 aromatic rings. The van der Waals surface area contributed by atoms with Crippen LogP contribution in [0.5, 0.6) is 0 Å². The zero-order chi connectivity index (χ0) is 18.0. The summed E-state index contributed by atoms with van der Waals surface area (Å²) in [4.78, 5) is 44.2. The van der Waals surface area contributed by atoms with Gasteiger partial charge in [-0.1, -0.05) is 19.8 Å². The second-order valence-electron chi connectivity index (χ2n) is 6.76. The average Bonchev–Trinajstić information content (AvgIpc) is 3.23. The fourth-order valence-corrected chi connectivity index (χ4v) is 3.61. The predicted octanol–water partition coefficient (Wildman–Crippen LogP) is 1.22. The van der Waals surface area contributed by atoms with E-state index in [4.69, 9.17) is 5.73 Å². The highest BCUT2D eigenvalue weighted by Crippen LogP contribution is 2.32. The molecule has 1 saturated carbocycles. The number of primary amides is 1. The Bertz CT molecular complexity index is 886. The van der Waals surface area contributed by atoms with E-state index in [0.29, 0.717) is 43.0 Å². The summed E-state index contributed by atoms with van der Waals surface area (Å²) in [5.74, 6) is 0.711. The van der Waals surface area contributed by atoms with Crippen molar-refractivity contribution in [3.05, 3.63) is 26.7 Å². The van der Waals surface area contributed by atoms with Crippen LogP contribution in [0.3, 0.4) is 0 Å². The molecule has 1 amide bonds. The van der Waals surface area contributed by atoms with E-state index in [9.17, 15) is 14.4 Å². The Kier molecular flexibility index (Phi) is 5.06. The van der Waals surface area contributed by atoms with Gasteiger partial charge in [-0.05, 0) is 25.7 Å². The van der Waals surface area contributed by atoms with Crippen molar-refractivity contribution < 1.29 is 4.79 Å². The number of imidazole rings is 1. The Balaban J connectivity index is 2.10. The lowest BCUT2D eigenvalue weighted by atomic mass is 10.1. The molecule has 1 aliphatic rings. The highest BCUT2D eigenvalue weighted by atomic mass is 16.2. The Morgan fingerprint density at radius 2 is 1.96 bits per heavy atom. The maximum absolute atomic E-state index is 12.8. The zero-order valence-corrected chi connectivity index (χ0v) is 14.6. The van der Waals surface area contributed by atoms with Gasteiger partial charge in [0.25, 0.3) is 5.56 Å². The number of hydrogen-bond acceptors (Lipinski definition) is 4. The largest absolute Gasteiger partial charge is 0.370 e. The molecule has 8 heteroatoms. The summed E-state index contributed by atoms with van der Waals surface area (Å²) in [6, 6.07) is 0. The first kappa shape index (κ1) is 17.4. The molecule has 136 valence electrons. The van der Waals surface area contributed by atoms with Crippen molar-refractivity contribution >= 4 is 17.1 Å².